The Morgan fingerprint density at radius 3 is 2.46 bits per heavy atom. The molecule has 5 nitrogen and oxygen atoms in total. The Morgan fingerprint density at radius 1 is 1.27 bits per heavy atom. The second-order valence-electron chi connectivity index (χ2n) is 5.00. The molecule has 26 heavy (non-hydrogen) atoms. The van der Waals surface area contributed by atoms with E-state index in [1.165, 1.54) is 6.92 Å². The van der Waals surface area contributed by atoms with Crippen molar-refractivity contribution in [2.45, 2.75) is 18.9 Å². The quantitative estimate of drug-likeness (QED) is 0.721. The minimum absolute atomic E-state index is 0.0713. The number of hydrogen-bond donors (Lipinski definition) is 1. The van der Waals surface area contributed by atoms with Crippen molar-refractivity contribution in [1.29, 1.82) is 0 Å². The van der Waals surface area contributed by atoms with Crippen LogP contribution in [-0.2, 0) is 16.7 Å². The first-order chi connectivity index (χ1) is 12.3. The Hall–Kier alpha value is -2.07. The van der Waals surface area contributed by atoms with Gasteiger partial charge >= 0.3 is 12.1 Å². The number of carbonyl (C=O) groups is 2. The highest BCUT2D eigenvalue weighted by Crippen LogP contribution is 2.36. The molecule has 0 aliphatic carbocycles. The predicted octanol–water partition coefficient (Wildman–Crippen LogP) is 4.45. The number of nitrogens with zero attached hydrogens (tertiary/aromatic N) is 1. The van der Waals surface area contributed by atoms with E-state index in [1.807, 2.05) is 6.26 Å². The fourth-order valence-electron chi connectivity index (χ4n) is 1.99. The molecule has 0 atom stereocenters. The largest absolute Gasteiger partial charge is 0.462 e. The molecule has 1 amide bonds. The van der Waals surface area contributed by atoms with Gasteiger partial charge in [-0.1, -0.05) is 23.5 Å². The van der Waals surface area contributed by atoms with Crippen LogP contribution in [0, 0.1) is 0 Å². The van der Waals surface area contributed by atoms with E-state index < -0.39 is 28.6 Å². The van der Waals surface area contributed by atoms with Crippen molar-refractivity contribution in [3.63, 3.8) is 0 Å². The van der Waals surface area contributed by atoms with Crippen LogP contribution in [-0.4, -0.2) is 29.7 Å². The lowest BCUT2D eigenvalue weighted by molar-refractivity contribution is -0.141. The van der Waals surface area contributed by atoms with Crippen LogP contribution >= 0.6 is 23.1 Å². The summed E-state index contributed by atoms with van der Waals surface area (Å²) in [5.74, 6) is -0.954. The Labute approximate surface area is 156 Å². The zero-order chi connectivity index (χ0) is 19.3. The number of thioether (sulfide) groups is 1. The zero-order valence-corrected chi connectivity index (χ0v) is 15.5. The molecule has 0 spiro atoms. The van der Waals surface area contributed by atoms with Crippen LogP contribution in [0.25, 0.3) is 0 Å². The van der Waals surface area contributed by atoms with Crippen LogP contribution in [0.5, 0.6) is 0 Å². The maximum absolute atomic E-state index is 13.1. The van der Waals surface area contributed by atoms with Crippen molar-refractivity contribution in [2.24, 2.45) is 0 Å². The fraction of sp³-hybridized carbons (Fsp3) is 0.312. The maximum atomic E-state index is 13.1. The third kappa shape index (κ3) is 4.98. The molecule has 1 heterocycles. The standard InChI is InChI=1S/C16H15F3N2O3S2/c1-3-24-14(23)11-12(16(17,18)19)20-15(26-11)21-13(22)10-6-4-9(5-7-10)8-25-2/h4-7H,3,8H2,1-2H3,(H,20,21,22). The highest BCUT2D eigenvalue weighted by Gasteiger charge is 2.40. The van der Waals surface area contributed by atoms with E-state index >= 15 is 0 Å². The van der Waals surface area contributed by atoms with Gasteiger partial charge in [-0.2, -0.15) is 24.9 Å². The molecular formula is C16H15F3N2O3S2. The molecule has 0 radical (unpaired) electrons. The van der Waals surface area contributed by atoms with Gasteiger partial charge in [-0.3, -0.25) is 10.1 Å². The van der Waals surface area contributed by atoms with Gasteiger partial charge in [0.05, 0.1) is 6.61 Å². The van der Waals surface area contributed by atoms with E-state index in [2.05, 4.69) is 15.0 Å². The molecule has 2 aromatic rings. The van der Waals surface area contributed by atoms with E-state index in [0.29, 0.717) is 11.3 Å². The van der Waals surface area contributed by atoms with Gasteiger partial charge in [-0.25, -0.2) is 9.78 Å². The minimum Gasteiger partial charge on any atom is -0.462 e. The van der Waals surface area contributed by atoms with Crippen molar-refractivity contribution in [2.75, 3.05) is 18.2 Å². The maximum Gasteiger partial charge on any atom is 0.435 e. The van der Waals surface area contributed by atoms with Crippen molar-refractivity contribution in [3.8, 4) is 0 Å². The molecule has 0 aliphatic rings. The number of rotatable bonds is 6. The Morgan fingerprint density at radius 2 is 1.92 bits per heavy atom. The van der Waals surface area contributed by atoms with E-state index in [4.69, 9.17) is 0 Å². The number of amides is 1. The number of anilines is 1. The summed E-state index contributed by atoms with van der Waals surface area (Å²) in [4.78, 5) is 26.6. The van der Waals surface area contributed by atoms with E-state index in [9.17, 15) is 22.8 Å². The fourth-order valence-corrected chi connectivity index (χ4v) is 3.39. The lowest BCUT2D eigenvalue weighted by Gasteiger charge is -2.05. The van der Waals surface area contributed by atoms with Crippen LogP contribution in [0.1, 0.15) is 38.2 Å². The molecule has 1 N–H and O–H groups in total. The summed E-state index contributed by atoms with van der Waals surface area (Å²) in [5, 5.41) is 1.97. The number of esters is 1. The molecule has 0 bridgehead atoms. The summed E-state index contributed by atoms with van der Waals surface area (Å²) in [7, 11) is 0. The molecular weight excluding hydrogens is 389 g/mol. The van der Waals surface area contributed by atoms with E-state index in [-0.39, 0.29) is 17.3 Å². The molecule has 2 rings (SSSR count). The molecule has 140 valence electrons. The summed E-state index contributed by atoms with van der Waals surface area (Å²) in [6.45, 7) is 1.41. The number of ether oxygens (including phenoxy) is 1. The van der Waals surface area contributed by atoms with Crippen LogP contribution in [0.15, 0.2) is 24.3 Å². The van der Waals surface area contributed by atoms with Gasteiger partial charge < -0.3 is 4.74 Å². The second kappa shape index (κ2) is 8.54. The number of nitrogens with one attached hydrogen (secondary N) is 1. The van der Waals surface area contributed by atoms with E-state index in [1.54, 1.807) is 36.0 Å². The normalized spacial score (nSPS) is 11.3. The lowest BCUT2D eigenvalue weighted by Crippen LogP contribution is -2.14. The van der Waals surface area contributed by atoms with Gasteiger partial charge in [0.25, 0.3) is 5.91 Å². The molecule has 0 unspecified atom stereocenters. The van der Waals surface area contributed by atoms with Crippen molar-refractivity contribution < 1.29 is 27.5 Å². The molecule has 1 aromatic heterocycles. The molecule has 0 saturated heterocycles. The minimum atomic E-state index is -4.83. The lowest BCUT2D eigenvalue weighted by atomic mass is 10.1. The molecule has 0 saturated carbocycles. The number of aromatic nitrogens is 1. The van der Waals surface area contributed by atoms with Crippen molar-refractivity contribution in [3.05, 3.63) is 46.0 Å². The number of halogens is 3. The van der Waals surface area contributed by atoms with Gasteiger partial charge in [0.15, 0.2) is 10.8 Å². The summed E-state index contributed by atoms with van der Waals surface area (Å²) < 4.78 is 43.8. The second-order valence-corrected chi connectivity index (χ2v) is 6.86. The number of benzene rings is 1. The van der Waals surface area contributed by atoms with E-state index in [0.717, 1.165) is 11.3 Å². The van der Waals surface area contributed by atoms with Gasteiger partial charge in [-0.15, -0.1) is 0 Å². The van der Waals surface area contributed by atoms with Crippen molar-refractivity contribution >= 4 is 40.1 Å². The first kappa shape index (κ1) is 20.2. The monoisotopic (exact) mass is 404 g/mol. The summed E-state index contributed by atoms with van der Waals surface area (Å²) in [6.07, 6.45) is -2.89. The van der Waals surface area contributed by atoms with Crippen LogP contribution < -0.4 is 5.32 Å². The summed E-state index contributed by atoms with van der Waals surface area (Å²) in [6, 6.07) is 6.67. The van der Waals surface area contributed by atoms with Gasteiger partial charge in [-0.05, 0) is 30.9 Å². The predicted molar refractivity (Wildman–Crippen MR) is 94.7 cm³/mol. The molecule has 0 fully saturated rings. The summed E-state index contributed by atoms with van der Waals surface area (Å²) >= 11 is 2.05. The van der Waals surface area contributed by atoms with Crippen LogP contribution in [0.2, 0.25) is 0 Å². The third-order valence-electron chi connectivity index (χ3n) is 3.10. The molecule has 1 aromatic carbocycles. The number of alkyl halides is 3. The first-order valence-electron chi connectivity index (χ1n) is 7.40. The van der Waals surface area contributed by atoms with Gasteiger partial charge in [0.2, 0.25) is 0 Å². The molecule has 0 aliphatic heterocycles. The topological polar surface area (TPSA) is 68.3 Å². The van der Waals surface area contributed by atoms with Gasteiger partial charge in [0.1, 0.15) is 4.88 Å². The van der Waals surface area contributed by atoms with Crippen molar-refractivity contribution in [1.82, 2.24) is 4.98 Å². The molecule has 10 heteroatoms. The Kier molecular flexibility index (Phi) is 6.65. The third-order valence-corrected chi connectivity index (χ3v) is 4.68. The average molecular weight is 404 g/mol. The number of hydrogen-bond acceptors (Lipinski definition) is 6. The average Bonchev–Trinajstić information content (AvgIpc) is 3.00. The van der Waals surface area contributed by atoms with Gasteiger partial charge in [0, 0.05) is 11.3 Å². The number of thiazole rings is 1. The smallest absolute Gasteiger partial charge is 0.435 e. The Bertz CT molecular complexity index is 789. The Balaban J connectivity index is 2.23. The first-order valence-corrected chi connectivity index (χ1v) is 9.61. The van der Waals surface area contributed by atoms with Crippen LogP contribution in [0.3, 0.4) is 0 Å². The zero-order valence-electron chi connectivity index (χ0n) is 13.8. The summed E-state index contributed by atoms with van der Waals surface area (Å²) in [5.41, 5.74) is -0.0740. The highest BCUT2D eigenvalue weighted by atomic mass is 32.2. The van der Waals surface area contributed by atoms with Crippen LogP contribution in [0.4, 0.5) is 18.3 Å². The number of carbonyl (C=O) groups excluding carboxylic acids is 2. The SMILES string of the molecule is CCOC(=O)c1sc(NC(=O)c2ccc(CSC)cc2)nc1C(F)(F)F. The highest BCUT2D eigenvalue weighted by molar-refractivity contribution is 7.97.